The van der Waals surface area contributed by atoms with Gasteiger partial charge in [0.2, 0.25) is 0 Å². The van der Waals surface area contributed by atoms with Crippen LogP contribution in [0.3, 0.4) is 0 Å². The van der Waals surface area contributed by atoms with Crippen LogP contribution in [0.4, 0.5) is 0 Å². The van der Waals surface area contributed by atoms with Crippen molar-refractivity contribution in [3.8, 4) is 0 Å². The average molecular weight is 322 g/mol. The molecular weight excluding hydrogens is 312 g/mol. The largest absolute Gasteiger partial charge is 0.481 e. The zero-order valence-corrected chi connectivity index (χ0v) is 10.9. The molecule has 0 aliphatic heterocycles. The quantitative estimate of drug-likeness (QED) is 0.924. The summed E-state index contributed by atoms with van der Waals surface area (Å²) in [5, 5.41) is 8.58. The Bertz CT molecular complexity index is 338. The molecule has 0 atom stereocenters. The van der Waals surface area contributed by atoms with Crippen LogP contribution in [0.25, 0.3) is 0 Å². The number of benzene rings is 1. The number of aryl methyl sites for hydroxylation is 1. The Morgan fingerprint density at radius 1 is 1.36 bits per heavy atom. The highest BCUT2D eigenvalue weighted by Crippen LogP contribution is 2.28. The summed E-state index contributed by atoms with van der Waals surface area (Å²) >= 11 is 6.85. The first-order valence-corrected chi connectivity index (χ1v) is 5.75. The van der Waals surface area contributed by atoms with E-state index in [1.165, 1.54) is 0 Å². The van der Waals surface area contributed by atoms with Crippen molar-refractivity contribution >= 4 is 37.8 Å². The first-order chi connectivity index (χ1) is 6.50. The molecule has 0 radical (unpaired) electrons. The Morgan fingerprint density at radius 3 is 2.29 bits per heavy atom. The third-order valence-electron chi connectivity index (χ3n) is 1.87. The molecule has 76 valence electrons. The molecule has 0 aliphatic carbocycles. The summed E-state index contributed by atoms with van der Waals surface area (Å²) in [6, 6.07) is 3.98. The van der Waals surface area contributed by atoms with Gasteiger partial charge in [-0.05, 0) is 36.6 Å². The van der Waals surface area contributed by atoms with E-state index < -0.39 is 5.97 Å². The van der Waals surface area contributed by atoms with Crippen LogP contribution >= 0.6 is 31.9 Å². The maximum Gasteiger partial charge on any atom is 0.303 e. The molecule has 4 heteroatoms. The van der Waals surface area contributed by atoms with E-state index in [1.807, 2.05) is 19.1 Å². The minimum absolute atomic E-state index is 0.153. The normalized spacial score (nSPS) is 10.2. The van der Waals surface area contributed by atoms with Gasteiger partial charge < -0.3 is 5.11 Å². The van der Waals surface area contributed by atoms with Gasteiger partial charge in [0.15, 0.2) is 0 Å². The van der Waals surface area contributed by atoms with Crippen molar-refractivity contribution in [2.24, 2.45) is 0 Å². The minimum atomic E-state index is -0.774. The highest BCUT2D eigenvalue weighted by molar-refractivity contribution is 9.11. The van der Waals surface area contributed by atoms with Gasteiger partial charge in [0.1, 0.15) is 0 Å². The van der Waals surface area contributed by atoms with E-state index in [0.717, 1.165) is 20.1 Å². The zero-order valence-electron chi connectivity index (χ0n) is 7.68. The molecule has 1 aromatic carbocycles. The molecule has 0 aromatic heterocycles. The fraction of sp³-hybridized carbons (Fsp3) is 0.300. The van der Waals surface area contributed by atoms with E-state index in [9.17, 15) is 4.79 Å². The number of rotatable bonds is 3. The number of carbonyl (C=O) groups is 1. The lowest BCUT2D eigenvalue weighted by molar-refractivity contribution is -0.136. The van der Waals surface area contributed by atoms with Crippen LogP contribution in [0, 0.1) is 6.92 Å². The van der Waals surface area contributed by atoms with Gasteiger partial charge in [-0.3, -0.25) is 4.79 Å². The molecule has 0 saturated carbocycles. The molecule has 14 heavy (non-hydrogen) atoms. The van der Waals surface area contributed by atoms with E-state index in [4.69, 9.17) is 5.11 Å². The summed E-state index contributed by atoms with van der Waals surface area (Å²) < 4.78 is 1.93. The summed E-state index contributed by atoms with van der Waals surface area (Å²) in [5.74, 6) is -0.774. The second kappa shape index (κ2) is 4.94. The van der Waals surface area contributed by atoms with Gasteiger partial charge in [-0.15, -0.1) is 0 Å². The number of hydrogen-bond acceptors (Lipinski definition) is 1. The van der Waals surface area contributed by atoms with Gasteiger partial charge in [-0.1, -0.05) is 31.9 Å². The average Bonchev–Trinajstić information content (AvgIpc) is 2.01. The summed E-state index contributed by atoms with van der Waals surface area (Å²) in [6.45, 7) is 2.00. The number of carboxylic acid groups (broad SMARTS) is 1. The van der Waals surface area contributed by atoms with Crippen molar-refractivity contribution in [3.63, 3.8) is 0 Å². The van der Waals surface area contributed by atoms with Crippen LogP contribution in [0.2, 0.25) is 0 Å². The molecule has 1 N–H and O–H groups in total. The van der Waals surface area contributed by atoms with Crippen molar-refractivity contribution in [2.75, 3.05) is 0 Å². The standard InChI is InChI=1S/C10H10Br2O2/c1-6-4-8(11)7(9(12)5-6)2-3-10(13)14/h4-5H,2-3H2,1H3,(H,13,14). The van der Waals surface area contributed by atoms with Crippen molar-refractivity contribution in [2.45, 2.75) is 19.8 Å². The Balaban J connectivity index is 2.91. The van der Waals surface area contributed by atoms with Crippen molar-refractivity contribution in [1.29, 1.82) is 0 Å². The molecule has 0 heterocycles. The Morgan fingerprint density at radius 2 is 1.86 bits per heavy atom. The summed E-state index contributed by atoms with van der Waals surface area (Å²) in [7, 11) is 0. The molecule has 0 spiro atoms. The van der Waals surface area contributed by atoms with Crippen LogP contribution in [-0.2, 0) is 11.2 Å². The minimum Gasteiger partial charge on any atom is -0.481 e. The van der Waals surface area contributed by atoms with Gasteiger partial charge in [-0.2, -0.15) is 0 Å². The van der Waals surface area contributed by atoms with Crippen LogP contribution < -0.4 is 0 Å². The fourth-order valence-corrected chi connectivity index (χ4v) is 3.01. The molecule has 2 nitrogen and oxygen atoms in total. The molecule has 0 fully saturated rings. The molecule has 0 amide bonds. The maximum absolute atomic E-state index is 10.4. The maximum atomic E-state index is 10.4. The van der Waals surface area contributed by atoms with Crippen LogP contribution in [0.15, 0.2) is 21.1 Å². The topological polar surface area (TPSA) is 37.3 Å². The summed E-state index contributed by atoms with van der Waals surface area (Å²) in [4.78, 5) is 10.4. The van der Waals surface area contributed by atoms with Gasteiger partial charge in [0, 0.05) is 15.4 Å². The predicted molar refractivity (Wildman–Crippen MR) is 62.5 cm³/mol. The molecule has 0 bridgehead atoms. The van der Waals surface area contributed by atoms with Crippen molar-refractivity contribution < 1.29 is 9.90 Å². The van der Waals surface area contributed by atoms with Crippen LogP contribution in [-0.4, -0.2) is 11.1 Å². The summed E-state index contributed by atoms with van der Waals surface area (Å²) in [5.41, 5.74) is 2.15. The number of hydrogen-bond donors (Lipinski definition) is 1. The van der Waals surface area contributed by atoms with E-state index in [-0.39, 0.29) is 6.42 Å². The number of halogens is 2. The molecule has 1 aromatic rings. The van der Waals surface area contributed by atoms with E-state index in [2.05, 4.69) is 31.9 Å². The smallest absolute Gasteiger partial charge is 0.303 e. The first-order valence-electron chi connectivity index (χ1n) is 4.17. The third kappa shape index (κ3) is 3.10. The lowest BCUT2D eigenvalue weighted by Gasteiger charge is -2.07. The zero-order chi connectivity index (χ0) is 10.7. The SMILES string of the molecule is Cc1cc(Br)c(CCC(=O)O)c(Br)c1. The highest BCUT2D eigenvalue weighted by Gasteiger charge is 2.07. The fourth-order valence-electron chi connectivity index (χ4n) is 1.20. The number of aliphatic carboxylic acids is 1. The van der Waals surface area contributed by atoms with Crippen molar-refractivity contribution in [3.05, 3.63) is 32.2 Å². The van der Waals surface area contributed by atoms with Gasteiger partial charge >= 0.3 is 5.97 Å². The highest BCUT2D eigenvalue weighted by atomic mass is 79.9. The van der Waals surface area contributed by atoms with Gasteiger partial charge in [0.25, 0.3) is 0 Å². The molecule has 0 unspecified atom stereocenters. The summed E-state index contributed by atoms with van der Waals surface area (Å²) in [6.07, 6.45) is 0.692. The van der Waals surface area contributed by atoms with Gasteiger partial charge in [-0.25, -0.2) is 0 Å². The van der Waals surface area contributed by atoms with E-state index >= 15 is 0 Å². The van der Waals surface area contributed by atoms with Crippen LogP contribution in [0.5, 0.6) is 0 Å². The molecule has 0 saturated heterocycles. The Hall–Kier alpha value is -0.350. The van der Waals surface area contributed by atoms with E-state index in [1.54, 1.807) is 0 Å². The predicted octanol–water partition coefficient (Wildman–Crippen LogP) is 3.54. The molecule has 1 rings (SSSR count). The number of carboxylic acids is 1. The lowest BCUT2D eigenvalue weighted by atomic mass is 10.1. The van der Waals surface area contributed by atoms with Crippen LogP contribution in [0.1, 0.15) is 17.5 Å². The second-order valence-electron chi connectivity index (χ2n) is 3.10. The monoisotopic (exact) mass is 320 g/mol. The molecule has 0 aliphatic rings. The lowest BCUT2D eigenvalue weighted by Crippen LogP contribution is -1.99. The van der Waals surface area contributed by atoms with E-state index in [0.29, 0.717) is 6.42 Å². The third-order valence-corrected chi connectivity index (χ3v) is 3.29. The first kappa shape index (κ1) is 11.7. The Kier molecular flexibility index (Phi) is 4.13. The second-order valence-corrected chi connectivity index (χ2v) is 4.81. The Labute approximate surface area is 99.6 Å². The molecular formula is C10H10Br2O2. The van der Waals surface area contributed by atoms with Gasteiger partial charge in [0.05, 0.1) is 0 Å². The van der Waals surface area contributed by atoms with Crippen molar-refractivity contribution in [1.82, 2.24) is 0 Å².